The summed E-state index contributed by atoms with van der Waals surface area (Å²) in [4.78, 5) is 0. The van der Waals surface area contributed by atoms with Gasteiger partial charge in [0.25, 0.3) is 0 Å². The monoisotopic (exact) mass is 323 g/mol. The summed E-state index contributed by atoms with van der Waals surface area (Å²) in [6, 6.07) is 11.6. The van der Waals surface area contributed by atoms with Gasteiger partial charge in [0.05, 0.1) is 10.0 Å². The van der Waals surface area contributed by atoms with E-state index in [9.17, 15) is 0 Å². The molecule has 0 radical (unpaired) electrons. The summed E-state index contributed by atoms with van der Waals surface area (Å²) in [6.45, 7) is 3.27. The van der Waals surface area contributed by atoms with Crippen LogP contribution in [0.3, 0.4) is 0 Å². The number of fused-ring (bicyclic) bond motifs is 1. The number of anilines is 1. The van der Waals surface area contributed by atoms with Crippen LogP contribution in [0.25, 0.3) is 0 Å². The first-order valence-electron chi connectivity index (χ1n) is 6.74. The first-order valence-corrected chi connectivity index (χ1v) is 7.50. The first kappa shape index (κ1) is 14.4. The molecule has 1 heterocycles. The van der Waals surface area contributed by atoms with Gasteiger partial charge >= 0.3 is 0 Å². The van der Waals surface area contributed by atoms with Gasteiger partial charge in [-0.25, -0.2) is 0 Å². The van der Waals surface area contributed by atoms with Crippen LogP contribution >= 0.6 is 23.2 Å². The number of hydrogen-bond donors (Lipinski definition) is 1. The van der Waals surface area contributed by atoms with Crippen LogP contribution in [0.1, 0.15) is 18.5 Å². The summed E-state index contributed by atoms with van der Waals surface area (Å²) in [5.41, 5.74) is 2.04. The smallest absolute Gasteiger partial charge is 0.161 e. The van der Waals surface area contributed by atoms with Crippen LogP contribution in [0.2, 0.25) is 10.0 Å². The van der Waals surface area contributed by atoms with Crippen LogP contribution in [0, 0.1) is 0 Å². The molecule has 0 fully saturated rings. The van der Waals surface area contributed by atoms with Gasteiger partial charge in [-0.15, -0.1) is 0 Å². The third-order valence-electron chi connectivity index (χ3n) is 3.37. The normalized spacial score (nSPS) is 14.6. The van der Waals surface area contributed by atoms with Gasteiger partial charge in [0.1, 0.15) is 13.2 Å². The van der Waals surface area contributed by atoms with Crippen LogP contribution in [0.5, 0.6) is 11.5 Å². The zero-order valence-electron chi connectivity index (χ0n) is 11.5. The number of benzene rings is 2. The Morgan fingerprint density at radius 3 is 2.48 bits per heavy atom. The van der Waals surface area contributed by atoms with Crippen LogP contribution in [0.4, 0.5) is 5.69 Å². The highest BCUT2D eigenvalue weighted by Gasteiger charge is 2.14. The molecule has 5 heteroatoms. The Balaban J connectivity index is 1.78. The lowest BCUT2D eigenvalue weighted by Gasteiger charge is -2.21. The summed E-state index contributed by atoms with van der Waals surface area (Å²) in [6.07, 6.45) is 0. The highest BCUT2D eigenvalue weighted by molar-refractivity contribution is 6.42. The predicted octanol–water partition coefficient (Wildman–Crippen LogP) is 4.94. The Kier molecular flexibility index (Phi) is 4.13. The van der Waals surface area contributed by atoms with E-state index in [0.717, 1.165) is 22.7 Å². The van der Waals surface area contributed by atoms with Crippen molar-refractivity contribution in [3.8, 4) is 11.5 Å². The molecule has 1 atom stereocenters. The van der Waals surface area contributed by atoms with Crippen LogP contribution in [-0.2, 0) is 0 Å². The zero-order valence-corrected chi connectivity index (χ0v) is 13.0. The molecule has 0 amide bonds. The molecular formula is C16H15Cl2NO2. The summed E-state index contributed by atoms with van der Waals surface area (Å²) < 4.78 is 11.1. The molecule has 0 aliphatic carbocycles. The van der Waals surface area contributed by atoms with Gasteiger partial charge in [0.2, 0.25) is 0 Å². The van der Waals surface area contributed by atoms with E-state index in [4.69, 9.17) is 32.7 Å². The van der Waals surface area contributed by atoms with Gasteiger partial charge in [-0.1, -0.05) is 29.3 Å². The van der Waals surface area contributed by atoms with Gasteiger partial charge in [-0.3, -0.25) is 0 Å². The molecule has 1 aliphatic heterocycles. The SMILES string of the molecule is CC(Nc1ccc(Cl)c(Cl)c1)c1ccc2c(c1)OCCO2. The molecule has 0 saturated heterocycles. The maximum atomic E-state index is 6.03. The average molecular weight is 324 g/mol. The molecule has 3 nitrogen and oxygen atoms in total. The highest BCUT2D eigenvalue weighted by atomic mass is 35.5. The van der Waals surface area contributed by atoms with Crippen LogP contribution in [-0.4, -0.2) is 13.2 Å². The molecule has 0 saturated carbocycles. The van der Waals surface area contributed by atoms with Gasteiger partial charge in [-0.05, 0) is 42.8 Å². The van der Waals surface area contributed by atoms with E-state index < -0.39 is 0 Å². The third kappa shape index (κ3) is 3.20. The Labute approximate surface area is 133 Å². The van der Waals surface area contributed by atoms with Crippen molar-refractivity contribution in [1.82, 2.24) is 0 Å². The van der Waals surface area contributed by atoms with Gasteiger partial charge in [0, 0.05) is 11.7 Å². The lowest BCUT2D eigenvalue weighted by Crippen LogP contribution is -2.16. The van der Waals surface area contributed by atoms with Crippen molar-refractivity contribution in [2.24, 2.45) is 0 Å². The van der Waals surface area contributed by atoms with Crippen molar-refractivity contribution in [2.45, 2.75) is 13.0 Å². The molecule has 1 aliphatic rings. The first-order chi connectivity index (χ1) is 10.1. The minimum Gasteiger partial charge on any atom is -0.486 e. The number of ether oxygens (including phenoxy) is 2. The van der Waals surface area contributed by atoms with Crippen LogP contribution < -0.4 is 14.8 Å². The highest BCUT2D eigenvalue weighted by Crippen LogP contribution is 2.34. The Bertz CT molecular complexity index is 661. The van der Waals surface area contributed by atoms with Crippen LogP contribution in [0.15, 0.2) is 36.4 Å². The predicted molar refractivity (Wildman–Crippen MR) is 85.9 cm³/mol. The van der Waals surface area contributed by atoms with E-state index in [-0.39, 0.29) is 6.04 Å². The fourth-order valence-corrected chi connectivity index (χ4v) is 2.55. The minimum atomic E-state index is 0.109. The summed E-state index contributed by atoms with van der Waals surface area (Å²) >= 11 is 12.0. The fraction of sp³-hybridized carbons (Fsp3) is 0.250. The molecule has 3 rings (SSSR count). The Hall–Kier alpha value is -1.58. The van der Waals surface area contributed by atoms with Crippen molar-refractivity contribution >= 4 is 28.9 Å². The molecule has 110 valence electrons. The van der Waals surface area contributed by atoms with E-state index in [1.807, 2.05) is 30.3 Å². The summed E-state index contributed by atoms with van der Waals surface area (Å²) in [5, 5.41) is 4.48. The molecule has 2 aromatic carbocycles. The second-order valence-corrected chi connectivity index (χ2v) is 5.71. The van der Waals surface area contributed by atoms with E-state index in [2.05, 4.69) is 12.2 Å². The van der Waals surface area contributed by atoms with Crippen molar-refractivity contribution in [3.63, 3.8) is 0 Å². The molecule has 0 bridgehead atoms. The Morgan fingerprint density at radius 2 is 1.71 bits per heavy atom. The maximum Gasteiger partial charge on any atom is 0.161 e. The largest absolute Gasteiger partial charge is 0.486 e. The second kappa shape index (κ2) is 6.04. The van der Waals surface area contributed by atoms with E-state index in [1.54, 1.807) is 6.07 Å². The summed E-state index contributed by atoms with van der Waals surface area (Å²) in [7, 11) is 0. The molecule has 21 heavy (non-hydrogen) atoms. The lowest BCUT2D eigenvalue weighted by atomic mass is 10.1. The standard InChI is InChI=1S/C16H15Cl2NO2/c1-10(19-12-3-4-13(17)14(18)9-12)11-2-5-15-16(8-11)21-7-6-20-15/h2-5,8-10,19H,6-7H2,1H3. The van der Waals surface area contributed by atoms with E-state index >= 15 is 0 Å². The van der Waals surface area contributed by atoms with Crippen molar-refractivity contribution < 1.29 is 9.47 Å². The minimum absolute atomic E-state index is 0.109. The molecule has 0 aromatic heterocycles. The molecule has 2 aromatic rings. The van der Waals surface area contributed by atoms with Crippen molar-refractivity contribution in [1.29, 1.82) is 0 Å². The topological polar surface area (TPSA) is 30.5 Å². The van der Waals surface area contributed by atoms with Crippen molar-refractivity contribution in [3.05, 3.63) is 52.0 Å². The van der Waals surface area contributed by atoms with E-state index in [0.29, 0.717) is 23.3 Å². The summed E-state index contributed by atoms with van der Waals surface area (Å²) in [5.74, 6) is 1.59. The second-order valence-electron chi connectivity index (χ2n) is 4.90. The molecule has 1 N–H and O–H groups in total. The lowest BCUT2D eigenvalue weighted by molar-refractivity contribution is 0.171. The zero-order chi connectivity index (χ0) is 14.8. The molecular weight excluding hydrogens is 309 g/mol. The Morgan fingerprint density at radius 1 is 0.952 bits per heavy atom. The molecule has 0 spiro atoms. The number of halogens is 2. The number of hydrogen-bond acceptors (Lipinski definition) is 3. The van der Waals surface area contributed by atoms with Crippen molar-refractivity contribution in [2.75, 3.05) is 18.5 Å². The quantitative estimate of drug-likeness (QED) is 0.868. The van der Waals surface area contributed by atoms with Gasteiger partial charge in [0.15, 0.2) is 11.5 Å². The number of nitrogens with one attached hydrogen (secondary N) is 1. The van der Waals surface area contributed by atoms with Gasteiger partial charge < -0.3 is 14.8 Å². The van der Waals surface area contributed by atoms with Gasteiger partial charge in [-0.2, -0.15) is 0 Å². The number of rotatable bonds is 3. The average Bonchev–Trinajstić information content (AvgIpc) is 2.50. The van der Waals surface area contributed by atoms with E-state index in [1.165, 1.54) is 0 Å². The molecule has 1 unspecified atom stereocenters. The fourth-order valence-electron chi connectivity index (χ4n) is 2.25. The maximum absolute atomic E-state index is 6.03. The third-order valence-corrected chi connectivity index (χ3v) is 4.11.